The fourth-order valence-electron chi connectivity index (χ4n) is 1.75. The summed E-state index contributed by atoms with van der Waals surface area (Å²) in [5.41, 5.74) is 1.84. The van der Waals surface area contributed by atoms with Gasteiger partial charge in [-0.05, 0) is 12.0 Å². The molecule has 1 aromatic carbocycles. The van der Waals surface area contributed by atoms with Gasteiger partial charge >= 0.3 is 6.61 Å². The lowest BCUT2D eigenvalue weighted by Crippen LogP contribution is -2.26. The molecule has 0 unspecified atom stereocenters. The van der Waals surface area contributed by atoms with Crippen molar-refractivity contribution in [3.05, 3.63) is 35.4 Å². The van der Waals surface area contributed by atoms with Crippen LogP contribution in [0.4, 0.5) is 8.78 Å². The first-order valence-corrected chi connectivity index (χ1v) is 6.87. The molecule has 0 fully saturated rings. The molecule has 4 heteroatoms. The molecule has 1 rings (SSSR count). The van der Waals surface area contributed by atoms with Crippen LogP contribution in [0.1, 0.15) is 33.3 Å². The maximum Gasteiger partial charge on any atom is 0.387 e. The van der Waals surface area contributed by atoms with E-state index in [1.807, 2.05) is 12.1 Å². The van der Waals surface area contributed by atoms with E-state index < -0.39 is 6.61 Å². The highest BCUT2D eigenvalue weighted by molar-refractivity contribution is 5.60. The average Bonchev–Trinajstić information content (AvgIpc) is 2.35. The normalized spacial score (nSPS) is 12.6. The summed E-state index contributed by atoms with van der Waals surface area (Å²) in [6.07, 6.45) is 1.93. The van der Waals surface area contributed by atoms with Crippen LogP contribution in [0, 0.1) is 5.92 Å². The number of nitrogens with one attached hydrogen (secondary N) is 1. The lowest BCUT2D eigenvalue weighted by Gasteiger charge is -2.16. The predicted molar refractivity (Wildman–Crippen MR) is 79.0 cm³/mol. The smallest absolute Gasteiger partial charge is 0.387 e. The van der Waals surface area contributed by atoms with Gasteiger partial charge in [0.15, 0.2) is 0 Å². The van der Waals surface area contributed by atoms with Gasteiger partial charge in [0, 0.05) is 18.2 Å². The van der Waals surface area contributed by atoms with E-state index in [2.05, 4.69) is 37.7 Å². The first-order chi connectivity index (χ1) is 9.40. The van der Waals surface area contributed by atoms with E-state index in [0.29, 0.717) is 17.5 Å². The summed E-state index contributed by atoms with van der Waals surface area (Å²) in [5.74, 6) is 0.547. The van der Waals surface area contributed by atoms with Gasteiger partial charge < -0.3 is 10.1 Å². The SMILES string of the molecule is CC(C)NCC(=Cc1ccccc1OC(F)F)C(C)C. The van der Waals surface area contributed by atoms with Gasteiger partial charge in [-0.2, -0.15) is 8.78 Å². The summed E-state index contributed by atoms with van der Waals surface area (Å²) in [4.78, 5) is 0. The molecule has 112 valence electrons. The monoisotopic (exact) mass is 283 g/mol. The number of rotatable bonds is 7. The number of alkyl halides is 2. The van der Waals surface area contributed by atoms with Gasteiger partial charge in [0.25, 0.3) is 0 Å². The van der Waals surface area contributed by atoms with Gasteiger partial charge in [0.05, 0.1) is 0 Å². The summed E-state index contributed by atoms with van der Waals surface area (Å²) < 4.78 is 29.3. The van der Waals surface area contributed by atoms with Crippen molar-refractivity contribution < 1.29 is 13.5 Å². The Morgan fingerprint density at radius 3 is 2.40 bits per heavy atom. The summed E-state index contributed by atoms with van der Waals surface area (Å²) in [6.45, 7) is 6.26. The van der Waals surface area contributed by atoms with Crippen LogP contribution in [-0.2, 0) is 0 Å². The standard InChI is InChI=1S/C16H23F2NO/c1-11(2)14(10-19-12(3)4)9-13-7-5-6-8-15(13)20-16(17)18/h5-9,11-12,16,19H,10H2,1-4H3. The van der Waals surface area contributed by atoms with Gasteiger partial charge in [-0.15, -0.1) is 0 Å². The van der Waals surface area contributed by atoms with Crippen molar-refractivity contribution in [1.82, 2.24) is 5.32 Å². The van der Waals surface area contributed by atoms with Gasteiger partial charge in [0.1, 0.15) is 5.75 Å². The molecule has 0 bridgehead atoms. The van der Waals surface area contributed by atoms with Crippen molar-refractivity contribution in [2.45, 2.75) is 40.3 Å². The van der Waals surface area contributed by atoms with Crippen LogP contribution >= 0.6 is 0 Å². The minimum Gasteiger partial charge on any atom is -0.434 e. The molecule has 0 amide bonds. The number of ether oxygens (including phenoxy) is 1. The Morgan fingerprint density at radius 1 is 1.20 bits per heavy atom. The van der Waals surface area contributed by atoms with Gasteiger partial charge in [-0.25, -0.2) is 0 Å². The summed E-state index contributed by atoms with van der Waals surface area (Å²) in [6, 6.07) is 7.24. The Balaban J connectivity index is 2.98. The maximum atomic E-state index is 12.4. The van der Waals surface area contributed by atoms with Crippen LogP contribution in [0.5, 0.6) is 5.75 Å². The number of hydrogen-bond donors (Lipinski definition) is 1. The third kappa shape index (κ3) is 5.70. The fraction of sp³-hybridized carbons (Fsp3) is 0.500. The van der Waals surface area contributed by atoms with Crippen LogP contribution in [0.15, 0.2) is 29.8 Å². The minimum absolute atomic E-state index is 0.213. The van der Waals surface area contributed by atoms with E-state index in [1.165, 1.54) is 0 Å². The largest absolute Gasteiger partial charge is 0.434 e. The molecule has 0 saturated carbocycles. The molecular formula is C16H23F2NO. The van der Waals surface area contributed by atoms with E-state index in [4.69, 9.17) is 0 Å². The van der Waals surface area contributed by atoms with Crippen molar-refractivity contribution in [2.24, 2.45) is 5.92 Å². The van der Waals surface area contributed by atoms with E-state index in [9.17, 15) is 8.78 Å². The fourth-order valence-corrected chi connectivity index (χ4v) is 1.75. The van der Waals surface area contributed by atoms with Crippen molar-refractivity contribution in [3.63, 3.8) is 0 Å². The molecule has 0 aliphatic heterocycles. The van der Waals surface area contributed by atoms with Crippen molar-refractivity contribution in [1.29, 1.82) is 0 Å². The van der Waals surface area contributed by atoms with Crippen LogP contribution in [-0.4, -0.2) is 19.2 Å². The first-order valence-electron chi connectivity index (χ1n) is 6.87. The molecule has 2 nitrogen and oxygen atoms in total. The average molecular weight is 283 g/mol. The minimum atomic E-state index is -2.80. The molecule has 0 spiro atoms. The van der Waals surface area contributed by atoms with Gasteiger partial charge in [0.2, 0.25) is 0 Å². The Kier molecular flexibility index (Phi) is 6.65. The summed E-state index contributed by atoms with van der Waals surface area (Å²) in [7, 11) is 0. The molecule has 0 atom stereocenters. The van der Waals surface area contributed by atoms with E-state index in [0.717, 1.165) is 12.1 Å². The van der Waals surface area contributed by atoms with E-state index >= 15 is 0 Å². The Hall–Kier alpha value is -1.42. The lowest BCUT2D eigenvalue weighted by atomic mass is 9.99. The molecule has 0 heterocycles. The summed E-state index contributed by atoms with van der Waals surface area (Å²) in [5, 5.41) is 3.35. The van der Waals surface area contributed by atoms with Crippen molar-refractivity contribution in [2.75, 3.05) is 6.54 Å². The van der Waals surface area contributed by atoms with Gasteiger partial charge in [-0.1, -0.05) is 57.5 Å². The summed E-state index contributed by atoms with van der Waals surface area (Å²) >= 11 is 0. The number of para-hydroxylation sites is 1. The zero-order valence-corrected chi connectivity index (χ0v) is 12.5. The zero-order valence-electron chi connectivity index (χ0n) is 12.5. The highest BCUT2D eigenvalue weighted by Gasteiger charge is 2.10. The topological polar surface area (TPSA) is 21.3 Å². The lowest BCUT2D eigenvalue weighted by molar-refractivity contribution is -0.0499. The van der Waals surface area contributed by atoms with E-state index in [-0.39, 0.29) is 5.75 Å². The number of halogens is 2. The van der Waals surface area contributed by atoms with Crippen LogP contribution < -0.4 is 10.1 Å². The third-order valence-corrected chi connectivity index (χ3v) is 2.93. The second kappa shape index (κ2) is 8.00. The molecule has 0 radical (unpaired) electrons. The van der Waals surface area contributed by atoms with E-state index in [1.54, 1.807) is 18.2 Å². The Bertz CT molecular complexity index is 442. The predicted octanol–water partition coefficient (Wildman–Crippen LogP) is 4.33. The number of hydrogen-bond acceptors (Lipinski definition) is 2. The second-order valence-electron chi connectivity index (χ2n) is 5.33. The second-order valence-corrected chi connectivity index (χ2v) is 5.33. The maximum absolute atomic E-state index is 12.4. The molecule has 0 saturated heterocycles. The molecule has 0 aliphatic rings. The van der Waals surface area contributed by atoms with Gasteiger partial charge in [-0.3, -0.25) is 0 Å². The highest BCUT2D eigenvalue weighted by Crippen LogP contribution is 2.24. The molecule has 1 aromatic rings. The first kappa shape index (κ1) is 16.6. The molecular weight excluding hydrogens is 260 g/mol. The Morgan fingerprint density at radius 2 is 1.85 bits per heavy atom. The molecule has 0 aliphatic carbocycles. The highest BCUT2D eigenvalue weighted by atomic mass is 19.3. The third-order valence-electron chi connectivity index (χ3n) is 2.93. The van der Waals surface area contributed by atoms with Crippen molar-refractivity contribution >= 4 is 6.08 Å². The molecule has 20 heavy (non-hydrogen) atoms. The molecule has 1 N–H and O–H groups in total. The van der Waals surface area contributed by atoms with Crippen molar-refractivity contribution in [3.8, 4) is 5.75 Å². The molecule has 0 aromatic heterocycles. The number of benzene rings is 1. The zero-order chi connectivity index (χ0) is 15.1. The quantitative estimate of drug-likeness (QED) is 0.804. The van der Waals surface area contributed by atoms with Crippen LogP contribution in [0.2, 0.25) is 0 Å². The van der Waals surface area contributed by atoms with Crippen LogP contribution in [0.3, 0.4) is 0 Å². The van der Waals surface area contributed by atoms with Crippen LogP contribution in [0.25, 0.3) is 6.08 Å². The Labute approximate surface area is 119 Å².